The van der Waals surface area contributed by atoms with Gasteiger partial charge in [-0.15, -0.1) is 0 Å². The quantitative estimate of drug-likeness (QED) is 0.842. The third kappa shape index (κ3) is 2.11. The highest BCUT2D eigenvalue weighted by molar-refractivity contribution is 6.30. The summed E-state index contributed by atoms with van der Waals surface area (Å²) in [5, 5.41) is 5.78. The highest BCUT2D eigenvalue weighted by Crippen LogP contribution is 2.39. The van der Waals surface area contributed by atoms with E-state index in [1.807, 2.05) is 0 Å². The molecule has 0 bridgehead atoms. The summed E-state index contributed by atoms with van der Waals surface area (Å²) < 4.78 is 39.2. The summed E-state index contributed by atoms with van der Waals surface area (Å²) in [6.45, 7) is 0.160. The monoisotopic (exact) mass is 267 g/mol. The van der Waals surface area contributed by atoms with Crippen molar-refractivity contribution in [3.8, 4) is 0 Å². The van der Waals surface area contributed by atoms with Crippen molar-refractivity contribution in [1.29, 1.82) is 0 Å². The topological polar surface area (TPSA) is 46.9 Å². The van der Waals surface area contributed by atoms with Crippen molar-refractivity contribution in [3.05, 3.63) is 16.4 Å². The van der Waals surface area contributed by atoms with E-state index in [-0.39, 0.29) is 29.6 Å². The number of nitrogens with one attached hydrogen (secondary N) is 1. The molecule has 0 spiro atoms. The highest BCUT2D eigenvalue weighted by atomic mass is 35.5. The molecule has 1 atom stereocenters. The van der Waals surface area contributed by atoms with Gasteiger partial charge in [-0.05, 0) is 0 Å². The molecular weight excluding hydrogens is 259 g/mol. The molecule has 0 aromatic carbocycles. The van der Waals surface area contributed by atoms with Gasteiger partial charge in [0.15, 0.2) is 5.69 Å². The molecule has 0 aliphatic carbocycles. The number of rotatable bonds is 1. The van der Waals surface area contributed by atoms with Crippen molar-refractivity contribution in [2.75, 3.05) is 6.54 Å². The van der Waals surface area contributed by atoms with Crippen LogP contribution in [0.2, 0.25) is 5.15 Å². The summed E-state index contributed by atoms with van der Waals surface area (Å²) in [7, 11) is 1.34. The molecule has 17 heavy (non-hydrogen) atoms. The molecule has 0 saturated carbocycles. The second-order valence-corrected chi connectivity index (χ2v) is 4.24. The second kappa shape index (κ2) is 3.90. The average Bonchev–Trinajstić information content (AvgIpc) is 2.72. The van der Waals surface area contributed by atoms with E-state index in [9.17, 15) is 18.0 Å². The number of hydrogen-bond acceptors (Lipinski definition) is 2. The van der Waals surface area contributed by atoms with E-state index in [2.05, 4.69) is 10.4 Å². The molecule has 1 unspecified atom stereocenters. The van der Waals surface area contributed by atoms with E-state index < -0.39 is 17.8 Å². The van der Waals surface area contributed by atoms with E-state index in [0.29, 0.717) is 0 Å². The Balaban J connectivity index is 2.48. The standard InChI is InChI=1S/C9H9ClF3N3O/c1-16-8(10)6(4-2-5(17)14-3-4)7(15-16)9(11,12)13/h4H,2-3H2,1H3,(H,14,17). The zero-order chi connectivity index (χ0) is 12.8. The normalized spacial score (nSPS) is 20.8. The zero-order valence-electron chi connectivity index (χ0n) is 8.81. The lowest BCUT2D eigenvalue weighted by molar-refractivity contribution is -0.142. The van der Waals surface area contributed by atoms with Crippen LogP contribution in [0.1, 0.15) is 23.6 Å². The molecular formula is C9H9ClF3N3O. The maximum absolute atomic E-state index is 12.8. The molecule has 2 rings (SSSR count). The van der Waals surface area contributed by atoms with Crippen molar-refractivity contribution in [2.24, 2.45) is 7.05 Å². The lowest BCUT2D eigenvalue weighted by Crippen LogP contribution is -2.15. The number of aryl methyl sites for hydroxylation is 1. The third-order valence-corrected chi connectivity index (χ3v) is 3.11. The van der Waals surface area contributed by atoms with Crippen LogP contribution in [-0.2, 0) is 18.0 Å². The summed E-state index contributed by atoms with van der Waals surface area (Å²) in [6, 6.07) is 0. The molecule has 1 aromatic heterocycles. The predicted octanol–water partition coefficient (Wildman–Crippen LogP) is 1.70. The maximum Gasteiger partial charge on any atom is 0.435 e. The lowest BCUT2D eigenvalue weighted by atomic mass is 9.98. The predicted molar refractivity (Wildman–Crippen MR) is 53.6 cm³/mol. The molecule has 1 fully saturated rings. The van der Waals surface area contributed by atoms with Crippen LogP contribution in [0.15, 0.2) is 0 Å². The number of halogens is 4. The van der Waals surface area contributed by atoms with E-state index in [1.54, 1.807) is 0 Å². The van der Waals surface area contributed by atoms with Crippen molar-refractivity contribution >= 4 is 17.5 Å². The molecule has 4 nitrogen and oxygen atoms in total. The number of carbonyl (C=O) groups is 1. The lowest BCUT2D eigenvalue weighted by Gasteiger charge is -2.10. The molecule has 1 N–H and O–H groups in total. The number of nitrogens with zero attached hydrogens (tertiary/aromatic N) is 2. The number of carbonyl (C=O) groups excluding carboxylic acids is 1. The van der Waals surface area contributed by atoms with Gasteiger partial charge in [-0.3, -0.25) is 9.48 Å². The molecule has 8 heteroatoms. The maximum atomic E-state index is 12.8. The third-order valence-electron chi connectivity index (χ3n) is 2.67. The van der Waals surface area contributed by atoms with Gasteiger partial charge in [0.2, 0.25) is 5.91 Å². The van der Waals surface area contributed by atoms with Gasteiger partial charge in [0.25, 0.3) is 0 Å². The minimum absolute atomic E-state index is 0.00843. The van der Waals surface area contributed by atoms with Crippen LogP contribution in [0, 0.1) is 0 Å². The first-order valence-corrected chi connectivity index (χ1v) is 5.24. The van der Waals surface area contributed by atoms with Gasteiger partial charge in [-0.1, -0.05) is 11.6 Å². The van der Waals surface area contributed by atoms with Crippen LogP contribution in [0.25, 0.3) is 0 Å². The SMILES string of the molecule is Cn1nc(C(F)(F)F)c(C2CNC(=O)C2)c1Cl. The molecule has 1 aliphatic rings. The van der Waals surface area contributed by atoms with E-state index in [0.717, 1.165) is 4.68 Å². The fraction of sp³-hybridized carbons (Fsp3) is 0.556. The van der Waals surface area contributed by atoms with Crippen LogP contribution in [-0.4, -0.2) is 22.2 Å². The minimum atomic E-state index is -4.56. The van der Waals surface area contributed by atoms with Crippen LogP contribution in [0.3, 0.4) is 0 Å². The molecule has 94 valence electrons. The van der Waals surface area contributed by atoms with Crippen molar-refractivity contribution in [1.82, 2.24) is 15.1 Å². The van der Waals surface area contributed by atoms with Gasteiger partial charge < -0.3 is 5.32 Å². The largest absolute Gasteiger partial charge is 0.435 e. The highest BCUT2D eigenvalue weighted by Gasteiger charge is 2.42. The summed E-state index contributed by atoms with van der Waals surface area (Å²) in [5.41, 5.74) is -1.11. The Hall–Kier alpha value is -1.24. The number of amides is 1. The Morgan fingerprint density at radius 2 is 2.18 bits per heavy atom. The first-order chi connectivity index (χ1) is 7.80. The summed E-state index contributed by atoms with van der Waals surface area (Å²) in [5.74, 6) is -0.844. The summed E-state index contributed by atoms with van der Waals surface area (Å²) in [6.07, 6.45) is -4.56. The molecule has 1 aromatic rings. The fourth-order valence-corrected chi connectivity index (χ4v) is 2.18. The summed E-state index contributed by atoms with van der Waals surface area (Å²) >= 11 is 5.81. The van der Waals surface area contributed by atoms with Gasteiger partial charge in [0.1, 0.15) is 5.15 Å². The van der Waals surface area contributed by atoms with E-state index in [4.69, 9.17) is 11.6 Å². The zero-order valence-corrected chi connectivity index (χ0v) is 9.56. The number of aromatic nitrogens is 2. The van der Waals surface area contributed by atoms with Crippen molar-refractivity contribution in [3.63, 3.8) is 0 Å². The van der Waals surface area contributed by atoms with Gasteiger partial charge in [-0.2, -0.15) is 18.3 Å². The first-order valence-electron chi connectivity index (χ1n) is 4.87. The fourth-order valence-electron chi connectivity index (χ4n) is 1.90. The Labute approximate surface area is 99.7 Å². The Bertz CT molecular complexity index is 469. The van der Waals surface area contributed by atoms with Gasteiger partial charge >= 0.3 is 6.18 Å². The molecule has 1 aliphatic heterocycles. The average molecular weight is 268 g/mol. The Morgan fingerprint density at radius 3 is 2.65 bits per heavy atom. The smallest absolute Gasteiger partial charge is 0.355 e. The van der Waals surface area contributed by atoms with Gasteiger partial charge in [0, 0.05) is 31.5 Å². The minimum Gasteiger partial charge on any atom is -0.355 e. The van der Waals surface area contributed by atoms with Crippen molar-refractivity contribution < 1.29 is 18.0 Å². The van der Waals surface area contributed by atoms with Crippen molar-refractivity contribution in [2.45, 2.75) is 18.5 Å². The molecule has 1 amide bonds. The molecule has 2 heterocycles. The first kappa shape index (κ1) is 12.2. The number of hydrogen-bond donors (Lipinski definition) is 1. The van der Waals surface area contributed by atoms with Gasteiger partial charge in [-0.25, -0.2) is 0 Å². The summed E-state index contributed by atoms with van der Waals surface area (Å²) in [4.78, 5) is 11.0. The van der Waals surface area contributed by atoms with E-state index in [1.165, 1.54) is 7.05 Å². The second-order valence-electron chi connectivity index (χ2n) is 3.88. The van der Waals surface area contributed by atoms with Crippen LogP contribution in [0.5, 0.6) is 0 Å². The van der Waals surface area contributed by atoms with Gasteiger partial charge in [0.05, 0.1) is 0 Å². The number of alkyl halides is 3. The van der Waals surface area contributed by atoms with E-state index >= 15 is 0 Å². The van der Waals surface area contributed by atoms with Crippen LogP contribution in [0.4, 0.5) is 13.2 Å². The Kier molecular flexibility index (Phi) is 2.81. The van der Waals surface area contributed by atoms with Crippen LogP contribution < -0.4 is 5.32 Å². The molecule has 1 saturated heterocycles. The molecule has 0 radical (unpaired) electrons. The van der Waals surface area contributed by atoms with Crippen LogP contribution >= 0.6 is 11.6 Å². The Morgan fingerprint density at radius 1 is 1.53 bits per heavy atom.